The van der Waals surface area contributed by atoms with Crippen molar-refractivity contribution in [2.75, 3.05) is 18.9 Å². The lowest BCUT2D eigenvalue weighted by Gasteiger charge is -2.24. The van der Waals surface area contributed by atoms with E-state index in [1.165, 1.54) is 4.90 Å². The molecule has 1 N–H and O–H groups in total. The predicted molar refractivity (Wildman–Crippen MR) is 98.5 cm³/mol. The summed E-state index contributed by atoms with van der Waals surface area (Å²) in [4.78, 5) is 28.3. The molecule has 5 nitrogen and oxygen atoms in total. The normalized spacial score (nSPS) is 16.8. The summed E-state index contributed by atoms with van der Waals surface area (Å²) in [5, 5.41) is 3.32. The first-order chi connectivity index (χ1) is 12.0. The second-order valence-electron chi connectivity index (χ2n) is 6.10. The highest BCUT2D eigenvalue weighted by molar-refractivity contribution is 6.30. The van der Waals surface area contributed by atoms with Crippen LogP contribution in [0.4, 0.5) is 10.5 Å². The molecule has 25 heavy (non-hydrogen) atoms. The smallest absolute Gasteiger partial charge is 0.322 e. The van der Waals surface area contributed by atoms with Gasteiger partial charge in [-0.15, -0.1) is 0 Å². The van der Waals surface area contributed by atoms with Gasteiger partial charge in [-0.1, -0.05) is 48.0 Å². The quantitative estimate of drug-likeness (QED) is 0.908. The van der Waals surface area contributed by atoms with Gasteiger partial charge in [-0.05, 0) is 30.2 Å². The van der Waals surface area contributed by atoms with Crippen LogP contribution in [0, 0.1) is 0 Å². The van der Waals surface area contributed by atoms with E-state index in [2.05, 4.69) is 5.32 Å². The fourth-order valence-electron chi connectivity index (χ4n) is 2.96. The van der Waals surface area contributed by atoms with Crippen molar-refractivity contribution in [3.05, 3.63) is 65.2 Å². The average Bonchev–Trinajstić information content (AvgIpc) is 2.96. The molecule has 1 aliphatic rings. The van der Waals surface area contributed by atoms with E-state index in [0.717, 1.165) is 5.56 Å². The van der Waals surface area contributed by atoms with Crippen LogP contribution in [-0.4, -0.2) is 41.4 Å². The molecule has 1 fully saturated rings. The number of halogens is 1. The summed E-state index contributed by atoms with van der Waals surface area (Å²) in [7, 11) is 1.65. The summed E-state index contributed by atoms with van der Waals surface area (Å²) in [5.41, 5.74) is 1.69. The Hall–Kier alpha value is -2.53. The molecule has 0 aliphatic carbocycles. The van der Waals surface area contributed by atoms with E-state index >= 15 is 0 Å². The van der Waals surface area contributed by atoms with Crippen LogP contribution in [0.3, 0.4) is 0 Å². The van der Waals surface area contributed by atoms with Crippen molar-refractivity contribution >= 4 is 29.2 Å². The van der Waals surface area contributed by atoms with E-state index in [1.54, 1.807) is 36.2 Å². The van der Waals surface area contributed by atoms with Crippen molar-refractivity contribution in [3.8, 4) is 0 Å². The predicted octanol–water partition coefficient (Wildman–Crippen LogP) is 3.60. The SMILES string of the molecule is CN(C(=O)Nc1cccc(Cl)c1)C1CCN(Cc2ccccc2)C1=O. The minimum Gasteiger partial charge on any atom is -0.336 e. The molecule has 0 spiro atoms. The number of anilines is 1. The Balaban J connectivity index is 1.61. The van der Waals surface area contributed by atoms with Crippen molar-refractivity contribution in [1.82, 2.24) is 9.80 Å². The summed E-state index contributed by atoms with van der Waals surface area (Å²) in [6.07, 6.45) is 0.630. The van der Waals surface area contributed by atoms with Gasteiger partial charge in [0.25, 0.3) is 0 Å². The van der Waals surface area contributed by atoms with Gasteiger partial charge in [-0.2, -0.15) is 0 Å². The highest BCUT2D eigenvalue weighted by Crippen LogP contribution is 2.20. The average molecular weight is 358 g/mol. The fraction of sp³-hybridized carbons (Fsp3) is 0.263. The first kappa shape index (κ1) is 17.3. The standard InChI is InChI=1S/C19H20ClN3O2/c1-22(19(25)21-16-9-5-8-15(20)12-16)17-10-11-23(18(17)24)13-14-6-3-2-4-7-14/h2-9,12,17H,10-11,13H2,1H3,(H,21,25). The Kier molecular flexibility index (Phi) is 5.24. The summed E-state index contributed by atoms with van der Waals surface area (Å²) in [6.45, 7) is 1.22. The number of carbonyl (C=O) groups excluding carboxylic acids is 2. The summed E-state index contributed by atoms with van der Waals surface area (Å²) in [6, 6.07) is 16.0. The largest absolute Gasteiger partial charge is 0.336 e. The number of benzene rings is 2. The third kappa shape index (κ3) is 4.12. The maximum Gasteiger partial charge on any atom is 0.322 e. The highest BCUT2D eigenvalue weighted by Gasteiger charge is 2.36. The van der Waals surface area contributed by atoms with Crippen molar-refractivity contribution in [1.29, 1.82) is 0 Å². The zero-order chi connectivity index (χ0) is 17.8. The maximum absolute atomic E-state index is 12.6. The van der Waals surface area contributed by atoms with E-state index in [4.69, 9.17) is 11.6 Å². The van der Waals surface area contributed by atoms with Crippen LogP contribution in [-0.2, 0) is 11.3 Å². The molecule has 6 heteroatoms. The molecule has 1 unspecified atom stereocenters. The van der Waals surface area contributed by atoms with Crippen LogP contribution in [0.5, 0.6) is 0 Å². The molecular formula is C19H20ClN3O2. The van der Waals surface area contributed by atoms with Gasteiger partial charge >= 0.3 is 6.03 Å². The van der Waals surface area contributed by atoms with Gasteiger partial charge in [0.1, 0.15) is 6.04 Å². The van der Waals surface area contributed by atoms with E-state index in [9.17, 15) is 9.59 Å². The molecule has 1 aliphatic heterocycles. The van der Waals surface area contributed by atoms with Gasteiger partial charge < -0.3 is 15.1 Å². The van der Waals surface area contributed by atoms with Crippen LogP contribution in [0.2, 0.25) is 5.02 Å². The molecule has 2 aromatic carbocycles. The van der Waals surface area contributed by atoms with E-state index in [-0.39, 0.29) is 11.9 Å². The van der Waals surface area contributed by atoms with E-state index in [0.29, 0.717) is 30.2 Å². The van der Waals surface area contributed by atoms with Gasteiger partial charge in [-0.25, -0.2) is 4.79 Å². The Bertz CT molecular complexity index is 766. The topological polar surface area (TPSA) is 52.7 Å². The van der Waals surface area contributed by atoms with E-state index in [1.807, 2.05) is 30.3 Å². The molecule has 2 aromatic rings. The number of likely N-dealkylation sites (tertiary alicyclic amines) is 1. The maximum atomic E-state index is 12.6. The number of urea groups is 1. The molecule has 0 bridgehead atoms. The molecule has 1 heterocycles. The first-order valence-corrected chi connectivity index (χ1v) is 8.54. The molecule has 1 saturated heterocycles. The summed E-state index contributed by atoms with van der Waals surface area (Å²) < 4.78 is 0. The Morgan fingerprint density at radius 2 is 2.00 bits per heavy atom. The van der Waals surface area contributed by atoms with Crippen molar-refractivity contribution < 1.29 is 9.59 Å². The lowest BCUT2D eigenvalue weighted by Crippen LogP contribution is -2.44. The zero-order valence-corrected chi connectivity index (χ0v) is 14.7. The second-order valence-corrected chi connectivity index (χ2v) is 6.54. The molecule has 0 saturated carbocycles. The number of nitrogens with zero attached hydrogens (tertiary/aromatic N) is 2. The van der Waals surface area contributed by atoms with Gasteiger partial charge in [0, 0.05) is 30.8 Å². The number of amides is 3. The Labute approximate surface area is 152 Å². The molecular weight excluding hydrogens is 338 g/mol. The second kappa shape index (κ2) is 7.57. The monoisotopic (exact) mass is 357 g/mol. The Morgan fingerprint density at radius 3 is 2.72 bits per heavy atom. The molecule has 130 valence electrons. The van der Waals surface area contributed by atoms with Crippen LogP contribution >= 0.6 is 11.6 Å². The number of hydrogen-bond donors (Lipinski definition) is 1. The molecule has 3 amide bonds. The minimum atomic E-state index is -0.442. The van der Waals surface area contributed by atoms with Crippen molar-refractivity contribution in [2.24, 2.45) is 0 Å². The first-order valence-electron chi connectivity index (χ1n) is 8.16. The lowest BCUT2D eigenvalue weighted by molar-refractivity contribution is -0.131. The van der Waals surface area contributed by atoms with Gasteiger partial charge in [-0.3, -0.25) is 4.79 Å². The number of likely N-dealkylation sites (N-methyl/N-ethyl adjacent to an activating group) is 1. The van der Waals surface area contributed by atoms with Crippen LogP contribution in [0.15, 0.2) is 54.6 Å². The number of hydrogen-bond acceptors (Lipinski definition) is 2. The van der Waals surface area contributed by atoms with Crippen LogP contribution in [0.1, 0.15) is 12.0 Å². The number of nitrogens with one attached hydrogen (secondary N) is 1. The molecule has 1 atom stereocenters. The Morgan fingerprint density at radius 1 is 1.24 bits per heavy atom. The third-order valence-electron chi connectivity index (χ3n) is 4.35. The fourth-order valence-corrected chi connectivity index (χ4v) is 3.15. The van der Waals surface area contributed by atoms with Gasteiger partial charge in [0.2, 0.25) is 5.91 Å². The van der Waals surface area contributed by atoms with Crippen molar-refractivity contribution in [3.63, 3.8) is 0 Å². The number of rotatable bonds is 4. The van der Waals surface area contributed by atoms with Gasteiger partial charge in [0.15, 0.2) is 0 Å². The lowest BCUT2D eigenvalue weighted by atomic mass is 10.2. The van der Waals surface area contributed by atoms with Crippen LogP contribution < -0.4 is 5.32 Å². The molecule has 3 rings (SSSR count). The molecule has 0 radical (unpaired) electrons. The minimum absolute atomic E-state index is 0.0207. The highest BCUT2D eigenvalue weighted by atomic mass is 35.5. The summed E-state index contributed by atoms with van der Waals surface area (Å²) in [5.74, 6) is -0.0207. The van der Waals surface area contributed by atoms with Crippen LogP contribution in [0.25, 0.3) is 0 Å². The van der Waals surface area contributed by atoms with Gasteiger partial charge in [0.05, 0.1) is 0 Å². The molecule has 0 aromatic heterocycles. The third-order valence-corrected chi connectivity index (χ3v) is 4.58. The zero-order valence-electron chi connectivity index (χ0n) is 14.0. The van der Waals surface area contributed by atoms with Crippen molar-refractivity contribution in [2.45, 2.75) is 19.0 Å². The summed E-state index contributed by atoms with van der Waals surface area (Å²) >= 11 is 5.93. The number of carbonyl (C=O) groups is 2. The van der Waals surface area contributed by atoms with E-state index < -0.39 is 6.04 Å².